The third-order valence-corrected chi connectivity index (χ3v) is 2.85. The van der Waals surface area contributed by atoms with E-state index in [9.17, 15) is 8.78 Å². The molecule has 96 valence electrons. The molecular formula is C10H15F2N3O2. The van der Waals surface area contributed by atoms with Gasteiger partial charge in [0.1, 0.15) is 6.61 Å². The van der Waals surface area contributed by atoms with Crippen molar-refractivity contribution in [1.29, 1.82) is 0 Å². The molecule has 0 aliphatic heterocycles. The molecule has 0 amide bonds. The zero-order valence-corrected chi connectivity index (χ0v) is 9.36. The fraction of sp³-hybridized carbons (Fsp3) is 0.800. The molecule has 0 unspecified atom stereocenters. The molecule has 0 aromatic carbocycles. The van der Waals surface area contributed by atoms with Crippen LogP contribution in [0.15, 0.2) is 4.52 Å². The topological polar surface area (TPSA) is 74.2 Å². The lowest BCUT2D eigenvalue weighted by Gasteiger charge is -2.33. The molecule has 0 spiro atoms. The summed E-state index contributed by atoms with van der Waals surface area (Å²) < 4.78 is 33.4. The summed E-state index contributed by atoms with van der Waals surface area (Å²) in [7, 11) is 0. The number of nitrogens with two attached hydrogens (primary N) is 1. The fourth-order valence-corrected chi connectivity index (χ4v) is 1.67. The van der Waals surface area contributed by atoms with Gasteiger partial charge in [0.25, 0.3) is 6.43 Å². The van der Waals surface area contributed by atoms with Crippen LogP contribution >= 0.6 is 0 Å². The van der Waals surface area contributed by atoms with Gasteiger partial charge in [0, 0.05) is 6.42 Å². The molecule has 1 fully saturated rings. The summed E-state index contributed by atoms with van der Waals surface area (Å²) >= 11 is 0. The van der Waals surface area contributed by atoms with E-state index in [1.54, 1.807) is 0 Å². The Bertz CT molecular complexity index is 366. The SMILES string of the molecule is NC1(c2nc(CCOCC(F)F)no2)CCC1. The summed E-state index contributed by atoms with van der Waals surface area (Å²) in [6.45, 7) is -0.410. The molecule has 17 heavy (non-hydrogen) atoms. The highest BCUT2D eigenvalue weighted by Crippen LogP contribution is 2.37. The zero-order chi connectivity index (χ0) is 12.3. The quantitative estimate of drug-likeness (QED) is 0.765. The fourth-order valence-electron chi connectivity index (χ4n) is 1.67. The molecule has 0 bridgehead atoms. The van der Waals surface area contributed by atoms with Crippen molar-refractivity contribution in [3.05, 3.63) is 11.7 Å². The monoisotopic (exact) mass is 247 g/mol. The molecule has 1 aliphatic rings. The summed E-state index contributed by atoms with van der Waals surface area (Å²) in [5, 5.41) is 3.75. The van der Waals surface area contributed by atoms with E-state index in [0.717, 1.165) is 19.3 Å². The summed E-state index contributed by atoms with van der Waals surface area (Å²) in [4.78, 5) is 4.15. The summed E-state index contributed by atoms with van der Waals surface area (Å²) in [5.41, 5.74) is 5.53. The van der Waals surface area contributed by atoms with E-state index >= 15 is 0 Å². The second-order valence-corrected chi connectivity index (χ2v) is 4.24. The van der Waals surface area contributed by atoms with E-state index in [1.165, 1.54) is 0 Å². The molecule has 0 atom stereocenters. The molecule has 5 nitrogen and oxygen atoms in total. The van der Waals surface area contributed by atoms with Gasteiger partial charge in [-0.25, -0.2) is 8.78 Å². The number of alkyl halides is 2. The Morgan fingerprint density at radius 1 is 1.47 bits per heavy atom. The van der Waals surface area contributed by atoms with Gasteiger partial charge in [0.15, 0.2) is 5.82 Å². The molecule has 2 N–H and O–H groups in total. The first-order chi connectivity index (χ1) is 8.10. The van der Waals surface area contributed by atoms with Crippen LogP contribution in [0, 0.1) is 0 Å². The highest BCUT2D eigenvalue weighted by Gasteiger charge is 2.39. The zero-order valence-electron chi connectivity index (χ0n) is 9.36. The van der Waals surface area contributed by atoms with Crippen molar-refractivity contribution in [1.82, 2.24) is 10.1 Å². The maximum atomic E-state index is 11.8. The number of rotatable bonds is 6. The Labute approximate surface area is 97.3 Å². The van der Waals surface area contributed by atoms with Gasteiger partial charge in [-0.2, -0.15) is 4.98 Å². The Morgan fingerprint density at radius 2 is 2.24 bits per heavy atom. The van der Waals surface area contributed by atoms with Gasteiger partial charge in [-0.1, -0.05) is 5.16 Å². The minimum absolute atomic E-state index is 0.154. The predicted molar refractivity (Wildman–Crippen MR) is 54.5 cm³/mol. The second kappa shape index (κ2) is 5.05. The first kappa shape index (κ1) is 12.4. The summed E-state index contributed by atoms with van der Waals surface area (Å²) in [6.07, 6.45) is 0.656. The Balaban J connectivity index is 1.78. The van der Waals surface area contributed by atoms with E-state index in [0.29, 0.717) is 18.1 Å². The third kappa shape index (κ3) is 2.98. The van der Waals surface area contributed by atoms with Crippen molar-refractivity contribution in [2.75, 3.05) is 13.2 Å². The normalized spacial score (nSPS) is 18.4. The van der Waals surface area contributed by atoms with Gasteiger partial charge in [-0.3, -0.25) is 0 Å². The lowest BCUT2D eigenvalue weighted by atomic mass is 9.78. The highest BCUT2D eigenvalue weighted by molar-refractivity contribution is 5.07. The van der Waals surface area contributed by atoms with Crippen molar-refractivity contribution in [3.8, 4) is 0 Å². The van der Waals surface area contributed by atoms with E-state index in [4.69, 9.17) is 15.0 Å². The molecule has 0 radical (unpaired) electrons. The van der Waals surface area contributed by atoms with Gasteiger partial charge < -0.3 is 15.0 Å². The first-order valence-electron chi connectivity index (χ1n) is 5.58. The van der Waals surface area contributed by atoms with Crippen LogP contribution in [-0.2, 0) is 16.7 Å². The lowest BCUT2D eigenvalue weighted by Crippen LogP contribution is -2.43. The van der Waals surface area contributed by atoms with E-state index in [-0.39, 0.29) is 6.61 Å². The molecule has 1 heterocycles. The van der Waals surface area contributed by atoms with Crippen molar-refractivity contribution in [2.45, 2.75) is 37.6 Å². The van der Waals surface area contributed by atoms with E-state index < -0.39 is 18.6 Å². The average molecular weight is 247 g/mol. The number of halogens is 2. The van der Waals surface area contributed by atoms with Crippen LogP contribution in [-0.4, -0.2) is 29.8 Å². The van der Waals surface area contributed by atoms with Crippen LogP contribution in [0.25, 0.3) is 0 Å². The highest BCUT2D eigenvalue weighted by atomic mass is 19.3. The summed E-state index contributed by atoms with van der Waals surface area (Å²) in [6, 6.07) is 0. The smallest absolute Gasteiger partial charge is 0.261 e. The lowest BCUT2D eigenvalue weighted by molar-refractivity contribution is 0.0182. The molecule has 7 heteroatoms. The van der Waals surface area contributed by atoms with Crippen LogP contribution < -0.4 is 5.73 Å². The molecule has 1 aliphatic carbocycles. The molecule has 2 rings (SSSR count). The predicted octanol–water partition coefficient (Wildman–Crippen LogP) is 1.23. The van der Waals surface area contributed by atoms with Gasteiger partial charge in [0.2, 0.25) is 5.89 Å². The van der Waals surface area contributed by atoms with Gasteiger partial charge in [-0.05, 0) is 19.3 Å². The van der Waals surface area contributed by atoms with E-state index in [2.05, 4.69) is 10.1 Å². The Morgan fingerprint density at radius 3 is 2.82 bits per heavy atom. The molecule has 0 saturated heterocycles. The minimum atomic E-state index is -2.45. The van der Waals surface area contributed by atoms with Crippen LogP contribution in [0.3, 0.4) is 0 Å². The van der Waals surface area contributed by atoms with Crippen LogP contribution in [0.4, 0.5) is 8.78 Å². The number of nitrogens with zero attached hydrogens (tertiary/aromatic N) is 2. The maximum Gasteiger partial charge on any atom is 0.261 e. The van der Waals surface area contributed by atoms with Crippen molar-refractivity contribution in [3.63, 3.8) is 0 Å². The minimum Gasteiger partial charge on any atom is -0.375 e. The van der Waals surface area contributed by atoms with Gasteiger partial charge in [0.05, 0.1) is 12.1 Å². The second-order valence-electron chi connectivity index (χ2n) is 4.24. The van der Waals surface area contributed by atoms with Crippen LogP contribution in [0.5, 0.6) is 0 Å². The van der Waals surface area contributed by atoms with Crippen LogP contribution in [0.2, 0.25) is 0 Å². The third-order valence-electron chi connectivity index (χ3n) is 2.85. The molecule has 1 saturated carbocycles. The average Bonchev–Trinajstić information content (AvgIpc) is 2.70. The Kier molecular flexibility index (Phi) is 3.68. The summed E-state index contributed by atoms with van der Waals surface area (Å²) in [5.74, 6) is 0.888. The molecule has 1 aromatic rings. The largest absolute Gasteiger partial charge is 0.375 e. The van der Waals surface area contributed by atoms with Crippen molar-refractivity contribution >= 4 is 0 Å². The maximum absolute atomic E-state index is 11.8. The van der Waals surface area contributed by atoms with Gasteiger partial charge >= 0.3 is 0 Å². The van der Waals surface area contributed by atoms with E-state index in [1.807, 2.05) is 0 Å². The number of hydrogen-bond acceptors (Lipinski definition) is 5. The van der Waals surface area contributed by atoms with Crippen LogP contribution in [0.1, 0.15) is 31.0 Å². The van der Waals surface area contributed by atoms with Gasteiger partial charge in [-0.15, -0.1) is 0 Å². The standard InChI is InChI=1S/C10H15F2N3O2/c11-7(12)6-16-5-2-8-14-9(17-15-8)10(13)3-1-4-10/h7H,1-6,13H2. The molecule has 1 aromatic heterocycles. The first-order valence-corrected chi connectivity index (χ1v) is 5.58. The Hall–Kier alpha value is -1.08. The molecular weight excluding hydrogens is 232 g/mol. The number of aromatic nitrogens is 2. The van der Waals surface area contributed by atoms with Crippen molar-refractivity contribution in [2.24, 2.45) is 5.73 Å². The number of hydrogen-bond donors (Lipinski definition) is 1. The number of ether oxygens (including phenoxy) is 1. The van der Waals surface area contributed by atoms with Crippen molar-refractivity contribution < 1.29 is 18.0 Å².